The van der Waals surface area contributed by atoms with Crippen LogP contribution < -0.4 is 0 Å². The molecule has 0 N–H and O–H groups in total. The number of hydrogen-bond acceptors (Lipinski definition) is 3. The number of rotatable bonds is 6. The number of nitrogens with zero attached hydrogens (tertiary/aromatic N) is 2. The molecule has 23 heavy (non-hydrogen) atoms. The summed E-state index contributed by atoms with van der Waals surface area (Å²) in [6.07, 6.45) is 6.59. The van der Waals surface area contributed by atoms with Crippen LogP contribution >= 0.6 is 0 Å². The van der Waals surface area contributed by atoms with Crippen LogP contribution in [0.3, 0.4) is 0 Å². The fraction of sp³-hybridized carbons (Fsp3) is 0.526. The molecule has 4 nitrogen and oxygen atoms in total. The van der Waals surface area contributed by atoms with E-state index in [1.54, 1.807) is 13.2 Å². The van der Waals surface area contributed by atoms with Crippen molar-refractivity contribution < 1.29 is 9.53 Å². The Hall–Kier alpha value is -1.65. The monoisotopic (exact) mass is 316 g/mol. The van der Waals surface area contributed by atoms with Crippen LogP contribution in [0.1, 0.15) is 18.4 Å². The molecule has 1 aromatic carbocycles. The van der Waals surface area contributed by atoms with Crippen LogP contribution in [0.2, 0.25) is 0 Å². The van der Waals surface area contributed by atoms with Gasteiger partial charge in [0.2, 0.25) is 5.91 Å². The molecule has 1 aromatic rings. The molecule has 2 rings (SSSR count). The van der Waals surface area contributed by atoms with E-state index in [-0.39, 0.29) is 18.1 Å². The van der Waals surface area contributed by atoms with Crippen LogP contribution in [-0.4, -0.2) is 62.1 Å². The normalized spacial score (nSPS) is 22.0. The fourth-order valence-electron chi connectivity index (χ4n) is 3.13. The molecule has 1 aliphatic heterocycles. The Labute approximate surface area is 139 Å². The Morgan fingerprint density at radius 1 is 1.35 bits per heavy atom. The quantitative estimate of drug-likeness (QED) is 0.755. The molecule has 2 atom stereocenters. The molecule has 1 aliphatic rings. The highest BCUT2D eigenvalue weighted by molar-refractivity contribution is 5.88. The predicted octanol–water partition coefficient (Wildman–Crippen LogP) is 2.35. The van der Waals surface area contributed by atoms with Crippen molar-refractivity contribution in [2.45, 2.75) is 31.4 Å². The van der Waals surface area contributed by atoms with Gasteiger partial charge < -0.3 is 14.5 Å². The summed E-state index contributed by atoms with van der Waals surface area (Å²) >= 11 is 0. The zero-order valence-electron chi connectivity index (χ0n) is 14.4. The number of likely N-dealkylation sites (N-methyl/N-ethyl adjacent to an activating group) is 1. The topological polar surface area (TPSA) is 32.8 Å². The molecule has 0 bridgehead atoms. The van der Waals surface area contributed by atoms with Crippen LogP contribution in [0.4, 0.5) is 0 Å². The number of piperidine rings is 1. The smallest absolute Gasteiger partial charge is 0.246 e. The van der Waals surface area contributed by atoms with Crippen molar-refractivity contribution in [1.29, 1.82) is 0 Å². The van der Waals surface area contributed by atoms with Gasteiger partial charge in [-0.2, -0.15) is 0 Å². The zero-order valence-corrected chi connectivity index (χ0v) is 14.4. The largest absolute Gasteiger partial charge is 0.379 e. The lowest BCUT2D eigenvalue weighted by Gasteiger charge is -2.40. The van der Waals surface area contributed by atoms with Crippen molar-refractivity contribution in [1.82, 2.24) is 9.80 Å². The van der Waals surface area contributed by atoms with Gasteiger partial charge in [-0.3, -0.25) is 4.79 Å². The van der Waals surface area contributed by atoms with E-state index in [1.807, 2.05) is 48.2 Å². The van der Waals surface area contributed by atoms with Gasteiger partial charge in [0, 0.05) is 26.3 Å². The molecule has 1 fully saturated rings. The molecule has 4 heteroatoms. The number of carbonyl (C=O) groups is 1. The summed E-state index contributed by atoms with van der Waals surface area (Å²) in [6.45, 7) is 1.58. The summed E-state index contributed by atoms with van der Waals surface area (Å²) in [7, 11) is 5.74. The SMILES string of the molecule is CO[C@H]1CCCN(C(=O)/C=C/CN(C)C)[C@H]1Cc1ccccc1. The van der Waals surface area contributed by atoms with Gasteiger partial charge in [0.05, 0.1) is 12.1 Å². The summed E-state index contributed by atoms with van der Waals surface area (Å²) in [6, 6.07) is 10.4. The molecular weight excluding hydrogens is 288 g/mol. The molecule has 126 valence electrons. The van der Waals surface area contributed by atoms with E-state index in [1.165, 1.54) is 5.56 Å². The average molecular weight is 316 g/mol. The van der Waals surface area contributed by atoms with E-state index in [0.29, 0.717) is 0 Å². The Kier molecular flexibility index (Phi) is 6.81. The van der Waals surface area contributed by atoms with E-state index < -0.39 is 0 Å². The summed E-state index contributed by atoms with van der Waals surface area (Å²) < 4.78 is 5.67. The maximum Gasteiger partial charge on any atom is 0.246 e. The van der Waals surface area contributed by atoms with E-state index >= 15 is 0 Å². The first-order valence-corrected chi connectivity index (χ1v) is 8.30. The van der Waals surface area contributed by atoms with E-state index in [4.69, 9.17) is 4.74 Å². The van der Waals surface area contributed by atoms with Crippen LogP contribution in [-0.2, 0) is 16.0 Å². The number of hydrogen-bond donors (Lipinski definition) is 0. The molecule has 0 aromatic heterocycles. The Morgan fingerprint density at radius 3 is 2.74 bits per heavy atom. The first-order chi connectivity index (χ1) is 11.1. The zero-order chi connectivity index (χ0) is 16.7. The first-order valence-electron chi connectivity index (χ1n) is 8.30. The number of methoxy groups -OCH3 is 1. The second-order valence-corrected chi connectivity index (χ2v) is 6.37. The van der Waals surface area contributed by atoms with E-state index in [0.717, 1.165) is 32.4 Å². The van der Waals surface area contributed by atoms with Crippen molar-refractivity contribution in [3.63, 3.8) is 0 Å². The van der Waals surface area contributed by atoms with Crippen LogP contribution in [0, 0.1) is 0 Å². The molecule has 0 spiro atoms. The standard InChI is InChI=1S/C19H28N2O2/c1-20(2)13-8-12-19(22)21-14-7-11-18(23-3)17(21)15-16-9-5-4-6-10-16/h4-6,8-10,12,17-18H,7,11,13-15H2,1-3H3/b12-8+/t17-,18-/m0/s1. The maximum absolute atomic E-state index is 12.6. The molecule has 0 aliphatic carbocycles. The lowest BCUT2D eigenvalue weighted by atomic mass is 9.92. The summed E-state index contributed by atoms with van der Waals surface area (Å²) in [5.41, 5.74) is 1.25. The van der Waals surface area contributed by atoms with Crippen molar-refractivity contribution >= 4 is 5.91 Å². The van der Waals surface area contributed by atoms with Gasteiger partial charge in [-0.05, 0) is 38.9 Å². The average Bonchev–Trinajstić information content (AvgIpc) is 2.55. The predicted molar refractivity (Wildman–Crippen MR) is 93.4 cm³/mol. The number of benzene rings is 1. The number of likely N-dealkylation sites (tertiary alicyclic amines) is 1. The van der Waals surface area contributed by atoms with Crippen molar-refractivity contribution in [3.8, 4) is 0 Å². The highest BCUT2D eigenvalue weighted by Gasteiger charge is 2.33. The summed E-state index contributed by atoms with van der Waals surface area (Å²) in [4.78, 5) is 16.6. The van der Waals surface area contributed by atoms with Crippen LogP contribution in [0.15, 0.2) is 42.5 Å². The van der Waals surface area contributed by atoms with Crippen molar-refractivity contribution in [2.75, 3.05) is 34.3 Å². The molecular formula is C19H28N2O2. The minimum Gasteiger partial charge on any atom is -0.379 e. The van der Waals surface area contributed by atoms with Gasteiger partial charge in [-0.15, -0.1) is 0 Å². The molecule has 0 radical (unpaired) electrons. The van der Waals surface area contributed by atoms with Crippen molar-refractivity contribution in [2.24, 2.45) is 0 Å². The summed E-state index contributed by atoms with van der Waals surface area (Å²) in [5, 5.41) is 0. The number of ether oxygens (including phenoxy) is 1. The van der Waals surface area contributed by atoms with Crippen LogP contribution in [0.5, 0.6) is 0 Å². The number of carbonyl (C=O) groups excluding carboxylic acids is 1. The van der Waals surface area contributed by atoms with Gasteiger partial charge in [-0.25, -0.2) is 0 Å². The Morgan fingerprint density at radius 2 is 2.09 bits per heavy atom. The molecule has 1 heterocycles. The van der Waals surface area contributed by atoms with Gasteiger partial charge in [0.15, 0.2) is 0 Å². The fourth-order valence-corrected chi connectivity index (χ4v) is 3.13. The number of amides is 1. The Bertz CT molecular complexity index is 513. The lowest BCUT2D eigenvalue weighted by Crippen LogP contribution is -2.52. The molecule has 0 unspecified atom stereocenters. The third-order valence-electron chi connectivity index (χ3n) is 4.32. The third-order valence-corrected chi connectivity index (χ3v) is 4.32. The van der Waals surface area contributed by atoms with E-state index in [2.05, 4.69) is 12.1 Å². The van der Waals surface area contributed by atoms with Crippen LogP contribution in [0.25, 0.3) is 0 Å². The first kappa shape index (κ1) is 17.7. The maximum atomic E-state index is 12.6. The third kappa shape index (κ3) is 5.19. The van der Waals surface area contributed by atoms with Gasteiger partial charge in [0.1, 0.15) is 0 Å². The molecule has 0 saturated carbocycles. The second kappa shape index (κ2) is 8.85. The molecule has 1 amide bonds. The second-order valence-electron chi connectivity index (χ2n) is 6.37. The highest BCUT2D eigenvalue weighted by Crippen LogP contribution is 2.24. The summed E-state index contributed by atoms with van der Waals surface area (Å²) in [5.74, 6) is 0.0922. The van der Waals surface area contributed by atoms with E-state index in [9.17, 15) is 4.79 Å². The van der Waals surface area contributed by atoms with Gasteiger partial charge in [-0.1, -0.05) is 36.4 Å². The minimum absolute atomic E-state index is 0.0922. The van der Waals surface area contributed by atoms with Crippen molar-refractivity contribution in [3.05, 3.63) is 48.0 Å². The van der Waals surface area contributed by atoms with Gasteiger partial charge in [0.25, 0.3) is 0 Å². The lowest BCUT2D eigenvalue weighted by molar-refractivity contribution is -0.134. The molecule has 1 saturated heterocycles. The Balaban J connectivity index is 2.10. The highest BCUT2D eigenvalue weighted by atomic mass is 16.5. The van der Waals surface area contributed by atoms with Gasteiger partial charge >= 0.3 is 0 Å². The minimum atomic E-state index is 0.0922.